The minimum atomic E-state index is -0.00315. The van der Waals surface area contributed by atoms with Gasteiger partial charge in [-0.05, 0) is 24.3 Å². The molecule has 0 spiro atoms. The van der Waals surface area contributed by atoms with Gasteiger partial charge in [-0.2, -0.15) is 14.8 Å². The normalized spacial score (nSPS) is 10.5. The minimum absolute atomic E-state index is 0.00315. The molecule has 2 aromatic carbocycles. The van der Waals surface area contributed by atoms with E-state index in [1.807, 2.05) is 36.4 Å². The zero-order chi connectivity index (χ0) is 14.8. The predicted molar refractivity (Wildman–Crippen MR) is 83.5 cm³/mol. The average molecular weight is 279 g/mol. The van der Waals surface area contributed by atoms with Gasteiger partial charge in [0.2, 0.25) is 5.96 Å². The molecule has 0 fully saturated rings. The molecule has 7 heteroatoms. The third-order valence-electron chi connectivity index (χ3n) is 3.06. The Morgan fingerprint density at radius 3 is 2.67 bits per heavy atom. The van der Waals surface area contributed by atoms with Crippen molar-refractivity contribution >= 4 is 35.1 Å². The van der Waals surface area contributed by atoms with Gasteiger partial charge in [0.25, 0.3) is 0 Å². The number of nitrogens with zero attached hydrogens (tertiary/aromatic N) is 5. The summed E-state index contributed by atoms with van der Waals surface area (Å²) < 4.78 is 1.39. The third kappa shape index (κ3) is 2.10. The topological polar surface area (TPSA) is 96.2 Å². The Morgan fingerprint density at radius 1 is 1.19 bits per heavy atom. The van der Waals surface area contributed by atoms with Crippen LogP contribution in [0.2, 0.25) is 0 Å². The molecule has 104 valence electrons. The Balaban J connectivity index is 2.08. The number of hydrogen-bond donors (Lipinski definition) is 2. The first-order valence-corrected chi connectivity index (χ1v) is 6.23. The van der Waals surface area contributed by atoms with E-state index in [1.54, 1.807) is 12.1 Å². The molecular formula is C14H13N7. The van der Waals surface area contributed by atoms with Crippen molar-refractivity contribution in [1.82, 2.24) is 15.0 Å². The molecule has 0 aliphatic heterocycles. The third-order valence-corrected chi connectivity index (χ3v) is 3.06. The number of hydrogen-bond acceptors (Lipinski definition) is 5. The van der Waals surface area contributed by atoms with Gasteiger partial charge in [-0.3, -0.25) is 5.41 Å². The van der Waals surface area contributed by atoms with Crippen molar-refractivity contribution in [1.29, 1.82) is 5.41 Å². The number of anilines is 2. The number of nitrogens with one attached hydrogen (secondary N) is 1. The van der Waals surface area contributed by atoms with Crippen LogP contribution in [0, 0.1) is 5.41 Å². The molecule has 21 heavy (non-hydrogen) atoms. The zero-order valence-electron chi connectivity index (χ0n) is 11.1. The Labute approximate surface area is 120 Å². The fraction of sp³-hybridized carbons (Fsp3) is 0. The second-order valence-electron chi connectivity index (χ2n) is 4.33. The summed E-state index contributed by atoms with van der Waals surface area (Å²) in [4.78, 5) is 0. The maximum Gasteiger partial charge on any atom is 0.246 e. The molecule has 0 aliphatic carbocycles. The Morgan fingerprint density at radius 2 is 1.90 bits per heavy atom. The van der Waals surface area contributed by atoms with Crippen LogP contribution in [0.15, 0.2) is 53.6 Å². The second kappa shape index (κ2) is 5.04. The van der Waals surface area contributed by atoms with E-state index in [4.69, 9.17) is 11.1 Å². The van der Waals surface area contributed by atoms with Gasteiger partial charge in [0.05, 0.1) is 16.9 Å². The molecule has 3 aromatic rings. The fourth-order valence-electron chi connectivity index (χ4n) is 2.05. The van der Waals surface area contributed by atoms with Crippen LogP contribution in [0.25, 0.3) is 11.0 Å². The predicted octanol–water partition coefficient (Wildman–Crippen LogP) is 1.92. The molecule has 3 N–H and O–H groups in total. The first-order valence-electron chi connectivity index (χ1n) is 6.23. The van der Waals surface area contributed by atoms with E-state index in [2.05, 4.69) is 22.1 Å². The van der Waals surface area contributed by atoms with Crippen LogP contribution >= 0.6 is 0 Å². The van der Waals surface area contributed by atoms with Crippen molar-refractivity contribution in [3.05, 3.63) is 48.5 Å². The van der Waals surface area contributed by atoms with Crippen molar-refractivity contribution in [2.24, 2.45) is 5.10 Å². The highest BCUT2D eigenvalue weighted by Gasteiger charge is 2.18. The van der Waals surface area contributed by atoms with Crippen LogP contribution in [0.4, 0.5) is 11.4 Å². The van der Waals surface area contributed by atoms with Gasteiger partial charge in [0, 0.05) is 6.72 Å². The number of nitrogen functional groups attached to an aromatic ring is 1. The van der Waals surface area contributed by atoms with Gasteiger partial charge in [-0.15, -0.1) is 5.10 Å². The monoisotopic (exact) mass is 279 g/mol. The summed E-state index contributed by atoms with van der Waals surface area (Å²) in [7, 11) is 0. The molecular weight excluding hydrogens is 266 g/mol. The van der Waals surface area contributed by atoms with Crippen LogP contribution < -0.4 is 10.7 Å². The summed E-state index contributed by atoms with van der Waals surface area (Å²) in [5.74, 6) is -0.00315. The molecule has 0 unspecified atom stereocenters. The standard InChI is InChI=1S/C14H13N7/c1-17-20(12-8-4-2-6-10(12)15)14(16)21-13-9-5-3-7-11(13)18-19-21/h2-9,16H,1,15H2. The van der Waals surface area contributed by atoms with Gasteiger partial charge in [0.15, 0.2) is 0 Å². The van der Waals surface area contributed by atoms with E-state index < -0.39 is 0 Å². The number of hydrazone groups is 1. The maximum atomic E-state index is 8.32. The summed E-state index contributed by atoms with van der Waals surface area (Å²) in [6.45, 7) is 3.51. The first kappa shape index (κ1) is 12.8. The second-order valence-corrected chi connectivity index (χ2v) is 4.33. The van der Waals surface area contributed by atoms with E-state index in [1.165, 1.54) is 9.69 Å². The molecule has 0 saturated heterocycles. The molecule has 0 aliphatic rings. The summed E-state index contributed by atoms with van der Waals surface area (Å²) >= 11 is 0. The molecule has 0 bridgehead atoms. The van der Waals surface area contributed by atoms with E-state index in [-0.39, 0.29) is 5.96 Å². The quantitative estimate of drug-likeness (QED) is 0.324. The van der Waals surface area contributed by atoms with Gasteiger partial charge < -0.3 is 5.73 Å². The Hall–Kier alpha value is -3.22. The van der Waals surface area contributed by atoms with Crippen molar-refractivity contribution < 1.29 is 0 Å². The number of aromatic nitrogens is 3. The molecule has 1 heterocycles. The highest BCUT2D eigenvalue weighted by atomic mass is 15.6. The van der Waals surface area contributed by atoms with Crippen molar-refractivity contribution in [2.45, 2.75) is 0 Å². The lowest BCUT2D eigenvalue weighted by Crippen LogP contribution is -2.32. The smallest absolute Gasteiger partial charge is 0.246 e. The van der Waals surface area contributed by atoms with E-state index in [9.17, 15) is 0 Å². The lowest BCUT2D eigenvalue weighted by molar-refractivity contribution is 0.830. The molecule has 0 radical (unpaired) electrons. The Kier molecular flexibility index (Phi) is 3.07. The molecule has 3 rings (SSSR count). The van der Waals surface area contributed by atoms with Gasteiger partial charge in [-0.25, -0.2) is 0 Å². The highest BCUT2D eigenvalue weighted by molar-refractivity contribution is 6.01. The highest BCUT2D eigenvalue weighted by Crippen LogP contribution is 2.23. The number of para-hydroxylation sites is 3. The SMILES string of the molecule is C=NN(C(=N)n1nnc2ccccc21)c1ccccc1N. The number of rotatable bonds is 2. The van der Waals surface area contributed by atoms with Crippen LogP contribution in [-0.2, 0) is 0 Å². The largest absolute Gasteiger partial charge is 0.397 e. The van der Waals surface area contributed by atoms with Crippen LogP contribution in [0.3, 0.4) is 0 Å². The number of fused-ring (bicyclic) bond motifs is 1. The lowest BCUT2D eigenvalue weighted by atomic mass is 10.2. The fourth-order valence-corrected chi connectivity index (χ4v) is 2.05. The maximum absolute atomic E-state index is 8.32. The van der Waals surface area contributed by atoms with Crippen molar-refractivity contribution in [2.75, 3.05) is 10.7 Å². The molecule has 1 aromatic heterocycles. The van der Waals surface area contributed by atoms with E-state index in [0.29, 0.717) is 22.4 Å². The van der Waals surface area contributed by atoms with Crippen molar-refractivity contribution in [3.8, 4) is 0 Å². The average Bonchev–Trinajstić information content (AvgIpc) is 2.93. The van der Waals surface area contributed by atoms with E-state index in [0.717, 1.165) is 0 Å². The number of benzene rings is 2. The molecule has 0 atom stereocenters. The summed E-state index contributed by atoms with van der Waals surface area (Å²) in [5, 5.41) is 21.5. The summed E-state index contributed by atoms with van der Waals surface area (Å²) in [6, 6.07) is 14.5. The van der Waals surface area contributed by atoms with Crippen LogP contribution in [0.5, 0.6) is 0 Å². The number of nitrogens with two attached hydrogens (primary N) is 1. The van der Waals surface area contributed by atoms with Gasteiger partial charge in [0.1, 0.15) is 5.52 Å². The first-order chi connectivity index (χ1) is 10.2. The summed E-state index contributed by atoms with van der Waals surface area (Å²) in [5.41, 5.74) is 8.41. The molecule has 7 nitrogen and oxygen atoms in total. The van der Waals surface area contributed by atoms with Gasteiger partial charge in [-0.1, -0.05) is 29.5 Å². The van der Waals surface area contributed by atoms with Crippen LogP contribution in [0.1, 0.15) is 0 Å². The van der Waals surface area contributed by atoms with Crippen LogP contribution in [-0.4, -0.2) is 27.7 Å². The molecule has 0 amide bonds. The minimum Gasteiger partial charge on any atom is -0.397 e. The van der Waals surface area contributed by atoms with Gasteiger partial charge >= 0.3 is 0 Å². The lowest BCUT2D eigenvalue weighted by Gasteiger charge is -2.20. The molecule has 0 saturated carbocycles. The Bertz CT molecular complexity index is 821. The van der Waals surface area contributed by atoms with E-state index >= 15 is 0 Å². The summed E-state index contributed by atoms with van der Waals surface area (Å²) in [6.07, 6.45) is 0. The zero-order valence-corrected chi connectivity index (χ0v) is 11.1. The van der Waals surface area contributed by atoms with Crippen molar-refractivity contribution in [3.63, 3.8) is 0 Å².